The molecule has 2 aliphatic rings. The Hall–Kier alpha value is -1.01. The lowest BCUT2D eigenvalue weighted by molar-refractivity contribution is -0.142. The lowest BCUT2D eigenvalue weighted by Crippen LogP contribution is -2.68. The number of hydrogen-bond acceptors (Lipinski definition) is 4. The fourth-order valence-corrected chi connectivity index (χ4v) is 3.71. The van der Waals surface area contributed by atoms with Gasteiger partial charge in [0.2, 0.25) is 5.91 Å². The maximum atomic E-state index is 11.9. The Balaban J connectivity index is 1.93. The SMILES string of the molecule is CCCCCNC1C(=O)N2C=C(C)C(C(=O)O)S[C@H]12. The molecule has 0 aromatic rings. The summed E-state index contributed by atoms with van der Waals surface area (Å²) in [5.41, 5.74) is 0.728. The first kappa shape index (κ1) is 14.4. The number of carboxylic acid groups (broad SMARTS) is 1. The number of amides is 1. The third-order valence-corrected chi connectivity index (χ3v) is 5.10. The molecule has 0 aromatic carbocycles. The number of nitrogens with one attached hydrogen (secondary N) is 1. The van der Waals surface area contributed by atoms with Crippen molar-refractivity contribution < 1.29 is 14.7 Å². The second-order valence-electron chi connectivity index (χ2n) is 5.00. The van der Waals surface area contributed by atoms with E-state index in [1.165, 1.54) is 11.8 Å². The van der Waals surface area contributed by atoms with Gasteiger partial charge in [0.1, 0.15) is 16.7 Å². The molecule has 0 saturated carbocycles. The standard InChI is InChI=1S/C13H20N2O3S/c1-3-4-5-6-14-9-11(16)15-7-8(2)10(13(17)18)19-12(9)15/h7,9-10,12,14H,3-6H2,1-2H3,(H,17,18)/t9?,10?,12-/m1/s1. The molecule has 0 radical (unpaired) electrons. The van der Waals surface area contributed by atoms with Crippen LogP contribution in [0.25, 0.3) is 0 Å². The molecule has 2 heterocycles. The third-order valence-electron chi connectivity index (χ3n) is 3.48. The van der Waals surface area contributed by atoms with Crippen LogP contribution in [0.1, 0.15) is 33.1 Å². The minimum absolute atomic E-state index is 0.0530. The van der Waals surface area contributed by atoms with Crippen molar-refractivity contribution in [2.75, 3.05) is 6.54 Å². The van der Waals surface area contributed by atoms with Crippen molar-refractivity contribution in [2.24, 2.45) is 0 Å². The topological polar surface area (TPSA) is 69.6 Å². The zero-order valence-corrected chi connectivity index (χ0v) is 12.1. The Morgan fingerprint density at radius 2 is 2.26 bits per heavy atom. The van der Waals surface area contributed by atoms with Gasteiger partial charge in [0, 0.05) is 6.20 Å². The summed E-state index contributed by atoms with van der Waals surface area (Å²) in [6, 6.07) is -0.229. The third kappa shape index (κ3) is 2.79. The lowest BCUT2D eigenvalue weighted by atomic mass is 10.1. The highest BCUT2D eigenvalue weighted by molar-refractivity contribution is 8.01. The molecule has 2 aliphatic heterocycles. The quantitative estimate of drug-likeness (QED) is 0.570. The van der Waals surface area contributed by atoms with Gasteiger partial charge in [-0.3, -0.25) is 9.59 Å². The van der Waals surface area contributed by atoms with Crippen LogP contribution in [0.5, 0.6) is 0 Å². The van der Waals surface area contributed by atoms with Gasteiger partial charge < -0.3 is 15.3 Å². The number of carbonyl (C=O) groups excluding carboxylic acids is 1. The zero-order valence-electron chi connectivity index (χ0n) is 11.3. The normalized spacial score (nSPS) is 29.6. The summed E-state index contributed by atoms with van der Waals surface area (Å²) in [5.74, 6) is -0.778. The van der Waals surface area contributed by atoms with Crippen molar-refractivity contribution in [2.45, 2.75) is 49.8 Å². The maximum absolute atomic E-state index is 11.9. The van der Waals surface area contributed by atoms with Crippen LogP contribution >= 0.6 is 11.8 Å². The minimum Gasteiger partial charge on any atom is -0.480 e. The molecule has 0 spiro atoms. The number of nitrogens with zero attached hydrogens (tertiary/aromatic N) is 1. The largest absolute Gasteiger partial charge is 0.480 e. The van der Waals surface area contributed by atoms with E-state index in [-0.39, 0.29) is 17.3 Å². The number of rotatable bonds is 6. The number of fused-ring (bicyclic) bond motifs is 1. The summed E-state index contributed by atoms with van der Waals surface area (Å²) in [6.07, 6.45) is 5.03. The van der Waals surface area contributed by atoms with Crippen molar-refractivity contribution in [3.8, 4) is 0 Å². The Morgan fingerprint density at radius 3 is 2.89 bits per heavy atom. The molecule has 2 rings (SSSR count). The van der Waals surface area contributed by atoms with Crippen molar-refractivity contribution in [1.29, 1.82) is 0 Å². The summed E-state index contributed by atoms with van der Waals surface area (Å²) >= 11 is 1.35. The highest BCUT2D eigenvalue weighted by Crippen LogP contribution is 2.40. The molecule has 5 nitrogen and oxygen atoms in total. The number of unbranched alkanes of at least 4 members (excludes halogenated alkanes) is 2. The van der Waals surface area contributed by atoms with Crippen LogP contribution in [-0.2, 0) is 9.59 Å². The monoisotopic (exact) mass is 284 g/mol. The average Bonchev–Trinajstić information content (AvgIpc) is 2.38. The van der Waals surface area contributed by atoms with Crippen LogP contribution in [0.4, 0.5) is 0 Å². The van der Waals surface area contributed by atoms with Crippen molar-refractivity contribution in [3.05, 3.63) is 11.8 Å². The van der Waals surface area contributed by atoms with Gasteiger partial charge in [0.25, 0.3) is 0 Å². The summed E-state index contributed by atoms with van der Waals surface area (Å²) in [5, 5.41) is 11.8. The number of carboxylic acids is 1. The zero-order chi connectivity index (χ0) is 14.0. The molecule has 1 amide bonds. The number of hydrogen-bond donors (Lipinski definition) is 2. The second-order valence-corrected chi connectivity index (χ2v) is 6.23. The highest BCUT2D eigenvalue weighted by Gasteiger charge is 2.50. The Morgan fingerprint density at radius 1 is 1.53 bits per heavy atom. The number of β-lactam (4-membered cyclic amide) rings is 1. The van der Waals surface area contributed by atoms with Crippen molar-refractivity contribution >= 4 is 23.6 Å². The Labute approximate surface area is 117 Å². The smallest absolute Gasteiger partial charge is 0.320 e. The van der Waals surface area contributed by atoms with Crippen LogP contribution in [0.2, 0.25) is 0 Å². The van der Waals surface area contributed by atoms with E-state index in [0.29, 0.717) is 0 Å². The molecule has 106 valence electrons. The predicted octanol–water partition coefficient (Wildman–Crippen LogP) is 1.41. The second kappa shape index (κ2) is 5.96. The van der Waals surface area contributed by atoms with E-state index in [9.17, 15) is 9.59 Å². The van der Waals surface area contributed by atoms with Gasteiger partial charge in [-0.2, -0.15) is 0 Å². The van der Waals surface area contributed by atoms with Gasteiger partial charge in [-0.1, -0.05) is 19.8 Å². The van der Waals surface area contributed by atoms with Gasteiger partial charge in [-0.25, -0.2) is 0 Å². The van der Waals surface area contributed by atoms with Gasteiger partial charge in [0.15, 0.2) is 0 Å². The maximum Gasteiger partial charge on any atom is 0.320 e. The van der Waals surface area contributed by atoms with E-state index in [1.54, 1.807) is 18.0 Å². The first-order valence-corrected chi connectivity index (χ1v) is 7.62. The number of carbonyl (C=O) groups is 2. The van der Waals surface area contributed by atoms with E-state index >= 15 is 0 Å². The molecule has 3 atom stereocenters. The number of aliphatic carboxylic acids is 1. The predicted molar refractivity (Wildman–Crippen MR) is 74.7 cm³/mol. The van der Waals surface area contributed by atoms with Crippen LogP contribution in [-0.4, -0.2) is 45.1 Å². The molecule has 1 saturated heterocycles. The van der Waals surface area contributed by atoms with E-state index in [1.807, 2.05) is 0 Å². The van der Waals surface area contributed by atoms with Gasteiger partial charge in [-0.05, 0) is 25.5 Å². The summed E-state index contributed by atoms with van der Waals surface area (Å²) < 4.78 is 0. The first-order valence-electron chi connectivity index (χ1n) is 6.68. The summed E-state index contributed by atoms with van der Waals surface area (Å²) in [6.45, 7) is 4.71. The summed E-state index contributed by atoms with van der Waals surface area (Å²) in [7, 11) is 0. The molecule has 0 bridgehead atoms. The Bertz CT molecular complexity index is 411. The highest BCUT2D eigenvalue weighted by atomic mass is 32.2. The fourth-order valence-electron chi connectivity index (χ4n) is 2.38. The Kier molecular flexibility index (Phi) is 4.52. The van der Waals surface area contributed by atoms with Crippen LogP contribution in [0.15, 0.2) is 11.8 Å². The van der Waals surface area contributed by atoms with Crippen LogP contribution in [0.3, 0.4) is 0 Å². The van der Waals surface area contributed by atoms with E-state index in [2.05, 4.69) is 12.2 Å². The number of thioether (sulfide) groups is 1. The molecule has 6 heteroatoms. The van der Waals surface area contributed by atoms with Crippen LogP contribution in [0, 0.1) is 0 Å². The molecule has 2 unspecified atom stereocenters. The van der Waals surface area contributed by atoms with E-state index in [4.69, 9.17) is 5.11 Å². The van der Waals surface area contributed by atoms with Crippen molar-refractivity contribution in [1.82, 2.24) is 10.2 Å². The fraction of sp³-hybridized carbons (Fsp3) is 0.692. The van der Waals surface area contributed by atoms with Gasteiger partial charge in [0.05, 0.1) is 0 Å². The van der Waals surface area contributed by atoms with Gasteiger partial charge >= 0.3 is 5.97 Å². The van der Waals surface area contributed by atoms with E-state index in [0.717, 1.165) is 31.4 Å². The first-order chi connectivity index (χ1) is 9.06. The average molecular weight is 284 g/mol. The summed E-state index contributed by atoms with van der Waals surface area (Å²) in [4.78, 5) is 24.7. The minimum atomic E-state index is -0.831. The molecule has 0 aromatic heterocycles. The molecule has 0 aliphatic carbocycles. The van der Waals surface area contributed by atoms with E-state index < -0.39 is 11.2 Å². The lowest BCUT2D eigenvalue weighted by Gasteiger charge is -2.48. The molecule has 1 fully saturated rings. The van der Waals surface area contributed by atoms with Crippen LogP contribution < -0.4 is 5.32 Å². The molecular formula is C13H20N2O3S. The molecular weight excluding hydrogens is 264 g/mol. The van der Waals surface area contributed by atoms with Gasteiger partial charge in [-0.15, -0.1) is 11.8 Å². The molecule has 2 N–H and O–H groups in total. The van der Waals surface area contributed by atoms with Crippen molar-refractivity contribution in [3.63, 3.8) is 0 Å². The molecule has 19 heavy (non-hydrogen) atoms.